The lowest BCUT2D eigenvalue weighted by Crippen LogP contribution is -2.43. The Morgan fingerprint density at radius 3 is 2.61 bits per heavy atom. The maximum atomic E-state index is 9.33. The van der Waals surface area contributed by atoms with E-state index in [1.165, 1.54) is 45.3 Å². The predicted molar refractivity (Wildman–Crippen MR) is 77.9 cm³/mol. The monoisotopic (exact) mass is 256 g/mol. The molecule has 108 valence electrons. The number of nitrogens with zero attached hydrogens (tertiary/aromatic N) is 1. The standard InChI is InChI=1S/C15H32N2O/c1-14(2)8-7-11-17(12-14)10-6-5-9-15(3,13-18)16-4/h16,18H,5-13H2,1-4H3. The highest BCUT2D eigenvalue weighted by molar-refractivity contribution is 4.82. The summed E-state index contributed by atoms with van der Waals surface area (Å²) in [5.74, 6) is 0. The molecule has 0 aromatic carbocycles. The second-order valence-electron chi connectivity index (χ2n) is 6.97. The van der Waals surface area contributed by atoms with Crippen LogP contribution in [0.3, 0.4) is 0 Å². The molecule has 1 rings (SSSR count). The average molecular weight is 256 g/mol. The van der Waals surface area contributed by atoms with Crippen LogP contribution in [0.5, 0.6) is 0 Å². The van der Waals surface area contributed by atoms with Gasteiger partial charge in [0.15, 0.2) is 0 Å². The minimum atomic E-state index is -0.0961. The third-order valence-electron chi connectivity index (χ3n) is 4.38. The van der Waals surface area contributed by atoms with Crippen LogP contribution in [0, 0.1) is 5.41 Å². The highest BCUT2D eigenvalue weighted by Crippen LogP contribution is 2.28. The summed E-state index contributed by atoms with van der Waals surface area (Å²) in [7, 11) is 1.93. The Morgan fingerprint density at radius 1 is 1.33 bits per heavy atom. The highest BCUT2D eigenvalue weighted by atomic mass is 16.3. The van der Waals surface area contributed by atoms with Gasteiger partial charge in [-0.1, -0.05) is 20.3 Å². The lowest BCUT2D eigenvalue weighted by atomic mass is 9.84. The molecule has 0 aromatic rings. The molecule has 1 saturated heterocycles. The van der Waals surface area contributed by atoms with E-state index in [1.54, 1.807) is 0 Å². The zero-order chi connectivity index (χ0) is 13.6. The molecule has 3 heteroatoms. The molecule has 0 radical (unpaired) electrons. The van der Waals surface area contributed by atoms with E-state index in [4.69, 9.17) is 0 Å². The first-order chi connectivity index (χ1) is 8.41. The number of likely N-dealkylation sites (tertiary alicyclic amines) is 1. The predicted octanol–water partition coefficient (Wildman–Crippen LogP) is 2.25. The van der Waals surface area contributed by atoms with E-state index in [1.807, 2.05) is 7.05 Å². The fourth-order valence-electron chi connectivity index (χ4n) is 2.87. The lowest BCUT2D eigenvalue weighted by Gasteiger charge is -2.38. The second-order valence-corrected chi connectivity index (χ2v) is 6.97. The van der Waals surface area contributed by atoms with Crippen LogP contribution in [-0.2, 0) is 0 Å². The molecule has 0 amide bonds. The molecule has 0 saturated carbocycles. The Kier molecular flexibility index (Phi) is 6.09. The molecular weight excluding hydrogens is 224 g/mol. The van der Waals surface area contributed by atoms with Crippen molar-refractivity contribution in [1.29, 1.82) is 0 Å². The summed E-state index contributed by atoms with van der Waals surface area (Å²) in [5, 5.41) is 12.5. The first-order valence-corrected chi connectivity index (χ1v) is 7.43. The summed E-state index contributed by atoms with van der Waals surface area (Å²) in [4.78, 5) is 2.61. The summed E-state index contributed by atoms with van der Waals surface area (Å²) in [5.41, 5.74) is 0.407. The van der Waals surface area contributed by atoms with Gasteiger partial charge in [0, 0.05) is 12.1 Å². The van der Waals surface area contributed by atoms with Gasteiger partial charge in [0.25, 0.3) is 0 Å². The molecule has 1 heterocycles. The minimum Gasteiger partial charge on any atom is -0.394 e. The van der Waals surface area contributed by atoms with E-state index in [-0.39, 0.29) is 12.1 Å². The number of hydrogen-bond acceptors (Lipinski definition) is 3. The van der Waals surface area contributed by atoms with Crippen molar-refractivity contribution >= 4 is 0 Å². The molecule has 0 bridgehead atoms. The second kappa shape index (κ2) is 6.88. The SMILES string of the molecule is CNC(C)(CO)CCCCN1CCCC(C)(C)C1. The molecule has 1 atom stereocenters. The quantitative estimate of drug-likeness (QED) is 0.686. The average Bonchev–Trinajstić information content (AvgIpc) is 2.33. The fourth-order valence-corrected chi connectivity index (χ4v) is 2.87. The molecule has 1 unspecified atom stereocenters. The first kappa shape index (κ1) is 15.9. The Balaban J connectivity index is 2.18. The van der Waals surface area contributed by atoms with Crippen LogP contribution < -0.4 is 5.32 Å². The van der Waals surface area contributed by atoms with E-state index >= 15 is 0 Å². The van der Waals surface area contributed by atoms with Crippen LogP contribution in [0.4, 0.5) is 0 Å². The Morgan fingerprint density at radius 2 is 2.06 bits per heavy atom. The highest BCUT2D eigenvalue weighted by Gasteiger charge is 2.26. The number of rotatable bonds is 7. The molecular formula is C15H32N2O. The third kappa shape index (κ3) is 5.25. The molecule has 1 fully saturated rings. The van der Waals surface area contributed by atoms with Gasteiger partial charge in [-0.3, -0.25) is 0 Å². The van der Waals surface area contributed by atoms with Gasteiger partial charge in [-0.25, -0.2) is 0 Å². The zero-order valence-electron chi connectivity index (χ0n) is 12.8. The van der Waals surface area contributed by atoms with Crippen molar-refractivity contribution in [3.8, 4) is 0 Å². The number of unbranched alkanes of at least 4 members (excludes halogenated alkanes) is 1. The zero-order valence-corrected chi connectivity index (χ0v) is 12.8. The van der Waals surface area contributed by atoms with E-state index in [0.29, 0.717) is 5.41 Å². The normalized spacial score (nSPS) is 23.8. The van der Waals surface area contributed by atoms with Crippen LogP contribution in [0.2, 0.25) is 0 Å². The maximum Gasteiger partial charge on any atom is 0.0610 e. The summed E-state index contributed by atoms with van der Waals surface area (Å²) in [6, 6.07) is 0. The van der Waals surface area contributed by atoms with Gasteiger partial charge < -0.3 is 15.3 Å². The van der Waals surface area contributed by atoms with Crippen LogP contribution in [0.15, 0.2) is 0 Å². The first-order valence-electron chi connectivity index (χ1n) is 7.43. The van der Waals surface area contributed by atoms with E-state index < -0.39 is 0 Å². The molecule has 1 aliphatic heterocycles. The number of likely N-dealkylation sites (N-methyl/N-ethyl adjacent to an activating group) is 1. The van der Waals surface area contributed by atoms with Crippen molar-refractivity contribution in [2.75, 3.05) is 33.3 Å². The molecule has 1 aliphatic rings. The van der Waals surface area contributed by atoms with E-state index in [2.05, 4.69) is 31.0 Å². The van der Waals surface area contributed by atoms with Gasteiger partial charge in [0.05, 0.1) is 6.61 Å². The molecule has 0 aliphatic carbocycles. The Bertz CT molecular complexity index is 237. The molecule has 0 spiro atoms. The lowest BCUT2D eigenvalue weighted by molar-refractivity contribution is 0.113. The van der Waals surface area contributed by atoms with Gasteiger partial charge in [-0.15, -0.1) is 0 Å². The molecule has 0 aromatic heterocycles. The van der Waals surface area contributed by atoms with Gasteiger partial charge in [-0.05, 0) is 58.2 Å². The van der Waals surface area contributed by atoms with Crippen molar-refractivity contribution < 1.29 is 5.11 Å². The van der Waals surface area contributed by atoms with Crippen molar-refractivity contribution in [2.45, 2.75) is 58.4 Å². The van der Waals surface area contributed by atoms with Gasteiger partial charge >= 0.3 is 0 Å². The summed E-state index contributed by atoms with van der Waals surface area (Å²) >= 11 is 0. The maximum absolute atomic E-state index is 9.33. The minimum absolute atomic E-state index is 0.0961. The van der Waals surface area contributed by atoms with Gasteiger partial charge in [-0.2, -0.15) is 0 Å². The summed E-state index contributed by atoms with van der Waals surface area (Å²) in [6.07, 6.45) is 6.20. The van der Waals surface area contributed by atoms with Crippen molar-refractivity contribution in [2.24, 2.45) is 5.41 Å². The fraction of sp³-hybridized carbons (Fsp3) is 1.00. The molecule has 3 nitrogen and oxygen atoms in total. The van der Waals surface area contributed by atoms with E-state index in [0.717, 1.165) is 6.42 Å². The molecule has 2 N–H and O–H groups in total. The molecule has 18 heavy (non-hydrogen) atoms. The Labute approximate surface area is 113 Å². The van der Waals surface area contributed by atoms with Crippen LogP contribution in [0.25, 0.3) is 0 Å². The number of aliphatic hydroxyl groups excluding tert-OH is 1. The van der Waals surface area contributed by atoms with Crippen LogP contribution in [0.1, 0.15) is 52.9 Å². The third-order valence-corrected chi connectivity index (χ3v) is 4.38. The summed E-state index contributed by atoms with van der Waals surface area (Å²) < 4.78 is 0. The van der Waals surface area contributed by atoms with Gasteiger partial charge in [0.2, 0.25) is 0 Å². The van der Waals surface area contributed by atoms with Crippen molar-refractivity contribution in [1.82, 2.24) is 10.2 Å². The van der Waals surface area contributed by atoms with Gasteiger partial charge in [0.1, 0.15) is 0 Å². The Hall–Kier alpha value is -0.120. The van der Waals surface area contributed by atoms with Crippen molar-refractivity contribution in [3.05, 3.63) is 0 Å². The largest absolute Gasteiger partial charge is 0.394 e. The smallest absolute Gasteiger partial charge is 0.0610 e. The van der Waals surface area contributed by atoms with Crippen LogP contribution in [-0.4, -0.2) is 48.8 Å². The number of aliphatic hydroxyl groups is 1. The topological polar surface area (TPSA) is 35.5 Å². The van der Waals surface area contributed by atoms with E-state index in [9.17, 15) is 5.11 Å². The number of piperidine rings is 1. The van der Waals surface area contributed by atoms with Crippen molar-refractivity contribution in [3.63, 3.8) is 0 Å². The van der Waals surface area contributed by atoms with Crippen LogP contribution >= 0.6 is 0 Å². The number of hydrogen-bond donors (Lipinski definition) is 2. The number of nitrogens with one attached hydrogen (secondary N) is 1. The summed E-state index contributed by atoms with van der Waals surface area (Å²) in [6.45, 7) is 10.8.